The number of aryl methyl sites for hydroxylation is 2. The van der Waals surface area contributed by atoms with Crippen LogP contribution in [0.4, 0.5) is 0 Å². The van der Waals surface area contributed by atoms with Crippen LogP contribution in [-0.4, -0.2) is 53.6 Å². The van der Waals surface area contributed by atoms with E-state index in [4.69, 9.17) is 4.52 Å². The van der Waals surface area contributed by atoms with Crippen LogP contribution in [0.15, 0.2) is 9.42 Å². The van der Waals surface area contributed by atoms with Crippen molar-refractivity contribution in [2.75, 3.05) is 6.54 Å². The first-order chi connectivity index (χ1) is 12.6. The minimum Gasteiger partial charge on any atom is -0.481 e. The van der Waals surface area contributed by atoms with Crippen LogP contribution in [0, 0.1) is 19.8 Å². The largest absolute Gasteiger partial charge is 0.481 e. The first-order valence-electron chi connectivity index (χ1n) is 9.10. The number of rotatable bonds is 5. The first kappa shape index (κ1) is 19.8. The molecule has 2 heterocycles. The van der Waals surface area contributed by atoms with Crippen LogP contribution in [0.1, 0.15) is 50.5 Å². The van der Waals surface area contributed by atoms with Crippen molar-refractivity contribution in [3.05, 3.63) is 11.5 Å². The molecule has 9 nitrogen and oxygen atoms in total. The summed E-state index contributed by atoms with van der Waals surface area (Å²) in [7, 11) is -4.01. The van der Waals surface area contributed by atoms with Gasteiger partial charge in [-0.2, -0.15) is 4.72 Å². The van der Waals surface area contributed by atoms with Crippen molar-refractivity contribution in [3.63, 3.8) is 0 Å². The fourth-order valence-corrected chi connectivity index (χ4v) is 6.09. The molecule has 0 radical (unpaired) electrons. The third-order valence-corrected chi connectivity index (χ3v) is 7.55. The van der Waals surface area contributed by atoms with Crippen LogP contribution < -0.4 is 4.72 Å². The number of carbonyl (C=O) groups excluding carboxylic acids is 1. The van der Waals surface area contributed by atoms with Gasteiger partial charge in [0, 0.05) is 12.6 Å². The van der Waals surface area contributed by atoms with Gasteiger partial charge in [-0.15, -0.1) is 0 Å². The second-order valence-corrected chi connectivity index (χ2v) is 9.14. The molecule has 1 amide bonds. The van der Waals surface area contributed by atoms with Gasteiger partial charge in [0.2, 0.25) is 15.9 Å². The normalized spacial score (nSPS) is 25.1. The zero-order valence-corrected chi connectivity index (χ0v) is 16.5. The van der Waals surface area contributed by atoms with E-state index in [-0.39, 0.29) is 22.3 Å². The number of hydrogen-bond donors (Lipinski definition) is 2. The average Bonchev–Trinajstić information content (AvgIpc) is 3.26. The van der Waals surface area contributed by atoms with Gasteiger partial charge in [-0.05, 0) is 40.0 Å². The summed E-state index contributed by atoms with van der Waals surface area (Å²) in [6.45, 7) is 5.06. The lowest BCUT2D eigenvalue weighted by Crippen LogP contribution is -2.59. The molecule has 3 rings (SSSR count). The Hall–Kier alpha value is -1.94. The molecule has 0 spiro atoms. The van der Waals surface area contributed by atoms with E-state index < -0.39 is 33.5 Å². The summed E-state index contributed by atoms with van der Waals surface area (Å²) in [5, 5.41) is 13.0. The van der Waals surface area contributed by atoms with E-state index in [0.717, 1.165) is 12.8 Å². The molecule has 150 valence electrons. The molecular formula is C17H25N3O6S. The van der Waals surface area contributed by atoms with Crippen LogP contribution in [0.2, 0.25) is 0 Å². The lowest BCUT2D eigenvalue weighted by molar-refractivity contribution is -0.144. The van der Waals surface area contributed by atoms with Crippen molar-refractivity contribution >= 4 is 21.9 Å². The molecule has 2 unspecified atom stereocenters. The second-order valence-electron chi connectivity index (χ2n) is 7.52. The van der Waals surface area contributed by atoms with E-state index >= 15 is 0 Å². The van der Waals surface area contributed by atoms with Crippen molar-refractivity contribution < 1.29 is 27.6 Å². The molecule has 10 heteroatoms. The topological polar surface area (TPSA) is 130 Å². The van der Waals surface area contributed by atoms with E-state index in [1.54, 1.807) is 6.92 Å². The molecular weight excluding hydrogens is 374 g/mol. The van der Waals surface area contributed by atoms with Crippen LogP contribution in [-0.2, 0) is 19.6 Å². The molecule has 1 aliphatic heterocycles. The molecule has 1 saturated carbocycles. The van der Waals surface area contributed by atoms with Crippen molar-refractivity contribution in [3.8, 4) is 0 Å². The number of likely N-dealkylation sites (tertiary alicyclic amines) is 1. The fraction of sp³-hybridized carbons (Fsp3) is 0.706. The van der Waals surface area contributed by atoms with Gasteiger partial charge in [-0.1, -0.05) is 18.0 Å². The van der Waals surface area contributed by atoms with Crippen LogP contribution in [0.25, 0.3) is 0 Å². The Kier molecular flexibility index (Phi) is 5.06. The van der Waals surface area contributed by atoms with Crippen molar-refractivity contribution in [1.29, 1.82) is 0 Å². The maximum absolute atomic E-state index is 13.3. The van der Waals surface area contributed by atoms with Gasteiger partial charge in [0.1, 0.15) is 16.1 Å². The highest BCUT2D eigenvalue weighted by molar-refractivity contribution is 7.89. The molecule has 1 aromatic rings. The number of aliphatic carboxylic acids is 1. The SMILES string of the molecule is Cc1noc(C)c1S(=O)(=O)NC1(C(=O)N2CCC(C(=O)O)C2C)CCCC1. The molecule has 0 bridgehead atoms. The van der Waals surface area contributed by atoms with Gasteiger partial charge in [0.25, 0.3) is 0 Å². The highest BCUT2D eigenvalue weighted by Crippen LogP contribution is 2.37. The number of amides is 1. The number of carbonyl (C=O) groups is 2. The minimum absolute atomic E-state index is 0.0422. The summed E-state index contributed by atoms with van der Waals surface area (Å²) < 4.78 is 33.6. The number of nitrogens with one attached hydrogen (secondary N) is 1. The van der Waals surface area contributed by atoms with Gasteiger partial charge in [0.15, 0.2) is 5.76 Å². The zero-order valence-electron chi connectivity index (χ0n) is 15.7. The predicted octanol–water partition coefficient (Wildman–Crippen LogP) is 1.20. The van der Waals surface area contributed by atoms with Gasteiger partial charge >= 0.3 is 5.97 Å². The standard InChI is InChI=1S/C17H25N3O6S/c1-10-14(12(3)26-18-10)27(24,25)19-17(7-4-5-8-17)16(23)20-9-6-13(11(20)2)15(21)22/h11,13,19H,4-9H2,1-3H3,(H,21,22). The zero-order chi connectivity index (χ0) is 20.0. The monoisotopic (exact) mass is 399 g/mol. The van der Waals surface area contributed by atoms with E-state index in [2.05, 4.69) is 9.88 Å². The average molecular weight is 399 g/mol. The Morgan fingerprint density at radius 1 is 1.30 bits per heavy atom. The summed E-state index contributed by atoms with van der Waals surface area (Å²) >= 11 is 0. The lowest BCUT2D eigenvalue weighted by atomic mass is 9.96. The number of aromatic nitrogens is 1. The Labute approximate surface area is 158 Å². The molecule has 1 saturated heterocycles. The molecule has 2 fully saturated rings. The fourth-order valence-electron chi connectivity index (χ4n) is 4.34. The number of carboxylic acids is 1. The van der Waals surface area contributed by atoms with E-state index in [0.29, 0.717) is 25.8 Å². The van der Waals surface area contributed by atoms with Gasteiger partial charge in [0.05, 0.1) is 5.92 Å². The lowest BCUT2D eigenvalue weighted by Gasteiger charge is -2.35. The summed E-state index contributed by atoms with van der Waals surface area (Å²) in [5.41, 5.74) is -1.02. The molecule has 2 aliphatic rings. The summed E-state index contributed by atoms with van der Waals surface area (Å²) in [5.74, 6) is -1.74. The highest BCUT2D eigenvalue weighted by atomic mass is 32.2. The van der Waals surface area contributed by atoms with Crippen LogP contribution in [0.5, 0.6) is 0 Å². The number of sulfonamides is 1. The first-order valence-corrected chi connectivity index (χ1v) is 10.6. The summed E-state index contributed by atoms with van der Waals surface area (Å²) in [6, 6.07) is -0.476. The van der Waals surface area contributed by atoms with Crippen molar-refractivity contribution in [1.82, 2.24) is 14.8 Å². The third-order valence-electron chi connectivity index (χ3n) is 5.77. The molecule has 2 N–H and O–H groups in total. The minimum atomic E-state index is -4.01. The van der Waals surface area contributed by atoms with Crippen molar-refractivity contribution in [2.45, 2.75) is 69.4 Å². The number of hydrogen-bond acceptors (Lipinski definition) is 6. The van der Waals surface area contributed by atoms with Crippen molar-refractivity contribution in [2.24, 2.45) is 5.92 Å². The Morgan fingerprint density at radius 2 is 1.93 bits per heavy atom. The predicted molar refractivity (Wildman–Crippen MR) is 94.4 cm³/mol. The van der Waals surface area contributed by atoms with E-state index in [9.17, 15) is 23.1 Å². The quantitative estimate of drug-likeness (QED) is 0.761. The maximum Gasteiger partial charge on any atom is 0.308 e. The molecule has 2 atom stereocenters. The molecule has 1 aromatic heterocycles. The Morgan fingerprint density at radius 3 is 2.41 bits per heavy atom. The van der Waals surface area contributed by atoms with E-state index in [1.807, 2.05) is 0 Å². The molecule has 1 aliphatic carbocycles. The second kappa shape index (κ2) is 6.90. The summed E-state index contributed by atoms with van der Waals surface area (Å²) in [6.07, 6.45) is 2.58. The van der Waals surface area contributed by atoms with Gasteiger partial charge < -0.3 is 14.5 Å². The van der Waals surface area contributed by atoms with Crippen LogP contribution in [0.3, 0.4) is 0 Å². The number of carboxylic acid groups (broad SMARTS) is 1. The van der Waals surface area contributed by atoms with Crippen LogP contribution >= 0.6 is 0 Å². The highest BCUT2D eigenvalue weighted by Gasteiger charge is 2.50. The summed E-state index contributed by atoms with van der Waals surface area (Å²) in [4.78, 5) is 26.2. The van der Waals surface area contributed by atoms with Gasteiger partial charge in [-0.3, -0.25) is 9.59 Å². The third kappa shape index (κ3) is 3.36. The molecule has 27 heavy (non-hydrogen) atoms. The Bertz CT molecular complexity index is 837. The van der Waals surface area contributed by atoms with E-state index in [1.165, 1.54) is 18.7 Å². The molecule has 0 aromatic carbocycles. The Balaban J connectivity index is 1.91. The maximum atomic E-state index is 13.3. The smallest absolute Gasteiger partial charge is 0.308 e. The number of nitrogens with zero attached hydrogens (tertiary/aromatic N) is 2. The van der Waals surface area contributed by atoms with Gasteiger partial charge in [-0.25, -0.2) is 8.42 Å².